The fourth-order valence-electron chi connectivity index (χ4n) is 3.40. The minimum absolute atomic E-state index is 0.0519. The molecule has 0 amide bonds. The molecule has 0 unspecified atom stereocenters. The number of nitrogens with two attached hydrogens (primary N) is 1. The summed E-state index contributed by atoms with van der Waals surface area (Å²) in [6, 6.07) is 19.3. The van der Waals surface area contributed by atoms with Gasteiger partial charge in [0.1, 0.15) is 5.41 Å². The summed E-state index contributed by atoms with van der Waals surface area (Å²) in [7, 11) is 0. The van der Waals surface area contributed by atoms with E-state index in [-0.39, 0.29) is 5.41 Å². The number of nitriles is 1. The lowest BCUT2D eigenvalue weighted by molar-refractivity contribution is 0.317. The maximum absolute atomic E-state index is 10.1. The molecule has 2 aromatic rings. The lowest BCUT2D eigenvalue weighted by Gasteiger charge is -2.30. The van der Waals surface area contributed by atoms with Crippen LogP contribution in [-0.4, -0.2) is 6.54 Å². The first-order chi connectivity index (χ1) is 10.5. The monoisotopic (exact) mass is 290 g/mol. The molecule has 0 aromatic heterocycles. The molecule has 0 spiro atoms. The van der Waals surface area contributed by atoms with Crippen LogP contribution in [0, 0.1) is 16.7 Å². The van der Waals surface area contributed by atoms with Crippen molar-refractivity contribution in [3.05, 3.63) is 59.7 Å². The van der Waals surface area contributed by atoms with Crippen molar-refractivity contribution in [2.24, 2.45) is 11.1 Å². The fraction of sp³-hybridized carbons (Fsp3) is 0.350. The molecule has 112 valence electrons. The first-order valence-corrected chi connectivity index (χ1v) is 7.85. The molecule has 2 aromatic carbocycles. The normalized spacial score (nSPS) is 15.0. The minimum atomic E-state index is -0.542. The molecular weight excluding hydrogens is 268 g/mol. The molecule has 0 radical (unpaired) electrons. The summed E-state index contributed by atoms with van der Waals surface area (Å²) in [4.78, 5) is 0. The van der Waals surface area contributed by atoms with Crippen LogP contribution in [0.2, 0.25) is 0 Å². The summed E-state index contributed by atoms with van der Waals surface area (Å²) in [6.07, 6.45) is 1.74. The molecule has 22 heavy (non-hydrogen) atoms. The number of benzene rings is 2. The molecule has 2 N–H and O–H groups in total. The first-order valence-electron chi connectivity index (χ1n) is 7.85. The number of hydrogen-bond acceptors (Lipinski definition) is 2. The molecule has 0 atom stereocenters. The third-order valence-electron chi connectivity index (χ3n) is 4.98. The lowest BCUT2D eigenvalue weighted by atomic mass is 9.72. The third-order valence-corrected chi connectivity index (χ3v) is 4.98. The zero-order valence-corrected chi connectivity index (χ0v) is 13.3. The summed E-state index contributed by atoms with van der Waals surface area (Å²) in [5.74, 6) is 0. The van der Waals surface area contributed by atoms with Crippen molar-refractivity contribution in [2.75, 3.05) is 6.54 Å². The molecule has 2 heteroatoms. The SMILES string of the molecule is CC(C)(CN)CCC1(C#N)c2ccccc2-c2ccccc21. The molecule has 1 aliphatic rings. The second kappa shape index (κ2) is 5.26. The highest BCUT2D eigenvalue weighted by molar-refractivity contribution is 5.82. The van der Waals surface area contributed by atoms with Crippen LogP contribution in [0.25, 0.3) is 11.1 Å². The van der Waals surface area contributed by atoms with Crippen molar-refractivity contribution in [1.82, 2.24) is 0 Å². The van der Waals surface area contributed by atoms with E-state index in [1.165, 1.54) is 11.1 Å². The van der Waals surface area contributed by atoms with Gasteiger partial charge in [0.15, 0.2) is 0 Å². The fourth-order valence-corrected chi connectivity index (χ4v) is 3.40. The predicted molar refractivity (Wildman–Crippen MR) is 90.3 cm³/mol. The Balaban J connectivity index is 2.13. The molecule has 0 heterocycles. The predicted octanol–water partition coefficient (Wildman–Crippen LogP) is 4.24. The largest absolute Gasteiger partial charge is 0.330 e. The van der Waals surface area contributed by atoms with Crippen LogP contribution in [0.3, 0.4) is 0 Å². The Morgan fingerprint density at radius 1 is 1.00 bits per heavy atom. The Morgan fingerprint density at radius 3 is 1.95 bits per heavy atom. The Hall–Kier alpha value is -2.11. The van der Waals surface area contributed by atoms with Gasteiger partial charge in [0.25, 0.3) is 0 Å². The summed E-state index contributed by atoms with van der Waals surface area (Å²) < 4.78 is 0. The number of fused-ring (bicyclic) bond motifs is 3. The first kappa shape index (κ1) is 14.8. The van der Waals surface area contributed by atoms with E-state index in [1.807, 2.05) is 24.3 Å². The average molecular weight is 290 g/mol. The van der Waals surface area contributed by atoms with E-state index in [9.17, 15) is 5.26 Å². The highest BCUT2D eigenvalue weighted by Crippen LogP contribution is 2.51. The van der Waals surface area contributed by atoms with Gasteiger partial charge in [-0.2, -0.15) is 5.26 Å². The topological polar surface area (TPSA) is 49.8 Å². The van der Waals surface area contributed by atoms with Crippen LogP contribution in [0.15, 0.2) is 48.5 Å². The van der Waals surface area contributed by atoms with E-state index >= 15 is 0 Å². The molecule has 0 saturated heterocycles. The van der Waals surface area contributed by atoms with Crippen LogP contribution >= 0.6 is 0 Å². The Labute approximate surface area is 132 Å². The maximum atomic E-state index is 10.1. The van der Waals surface area contributed by atoms with Crippen LogP contribution in [-0.2, 0) is 5.41 Å². The van der Waals surface area contributed by atoms with Gasteiger partial charge in [0.05, 0.1) is 6.07 Å². The van der Waals surface area contributed by atoms with E-state index in [0.29, 0.717) is 6.54 Å². The van der Waals surface area contributed by atoms with Crippen LogP contribution in [0.5, 0.6) is 0 Å². The van der Waals surface area contributed by atoms with Crippen molar-refractivity contribution < 1.29 is 0 Å². The van der Waals surface area contributed by atoms with Gasteiger partial charge >= 0.3 is 0 Å². The molecule has 0 saturated carbocycles. The van der Waals surface area contributed by atoms with Crippen molar-refractivity contribution >= 4 is 0 Å². The highest BCUT2D eigenvalue weighted by atomic mass is 14.6. The Morgan fingerprint density at radius 2 is 1.50 bits per heavy atom. The molecule has 0 aliphatic heterocycles. The van der Waals surface area contributed by atoms with Crippen molar-refractivity contribution in [3.63, 3.8) is 0 Å². The van der Waals surface area contributed by atoms with Crippen molar-refractivity contribution in [3.8, 4) is 17.2 Å². The average Bonchev–Trinajstić information content (AvgIpc) is 2.84. The van der Waals surface area contributed by atoms with Gasteiger partial charge in [-0.05, 0) is 47.1 Å². The minimum Gasteiger partial charge on any atom is -0.330 e. The highest BCUT2D eigenvalue weighted by Gasteiger charge is 2.43. The van der Waals surface area contributed by atoms with E-state index in [1.54, 1.807) is 0 Å². The Bertz CT molecular complexity index is 692. The van der Waals surface area contributed by atoms with Gasteiger partial charge in [-0.3, -0.25) is 0 Å². The van der Waals surface area contributed by atoms with Gasteiger partial charge in [-0.1, -0.05) is 62.4 Å². The van der Waals surface area contributed by atoms with E-state index in [2.05, 4.69) is 44.2 Å². The third kappa shape index (κ3) is 2.14. The van der Waals surface area contributed by atoms with Gasteiger partial charge in [-0.15, -0.1) is 0 Å². The quantitative estimate of drug-likeness (QED) is 0.915. The number of rotatable bonds is 4. The van der Waals surface area contributed by atoms with Crippen LogP contribution in [0.4, 0.5) is 0 Å². The van der Waals surface area contributed by atoms with Crippen LogP contribution < -0.4 is 5.73 Å². The van der Waals surface area contributed by atoms with E-state index in [0.717, 1.165) is 24.0 Å². The zero-order valence-electron chi connectivity index (χ0n) is 13.3. The second-order valence-corrected chi connectivity index (χ2v) is 6.98. The zero-order chi connectivity index (χ0) is 15.8. The van der Waals surface area contributed by atoms with Crippen LogP contribution in [0.1, 0.15) is 37.8 Å². The van der Waals surface area contributed by atoms with Crippen molar-refractivity contribution in [2.45, 2.75) is 32.1 Å². The smallest absolute Gasteiger partial charge is 0.108 e. The molecule has 0 fully saturated rings. The van der Waals surface area contributed by atoms with E-state index in [4.69, 9.17) is 5.73 Å². The molecule has 1 aliphatic carbocycles. The number of hydrogen-bond donors (Lipinski definition) is 1. The molecule has 0 bridgehead atoms. The van der Waals surface area contributed by atoms with Crippen molar-refractivity contribution in [1.29, 1.82) is 5.26 Å². The molecule has 2 nitrogen and oxygen atoms in total. The van der Waals surface area contributed by atoms with Gasteiger partial charge in [0.2, 0.25) is 0 Å². The van der Waals surface area contributed by atoms with E-state index < -0.39 is 5.41 Å². The summed E-state index contributed by atoms with van der Waals surface area (Å²) in [5.41, 5.74) is 10.1. The van der Waals surface area contributed by atoms with Gasteiger partial charge in [-0.25, -0.2) is 0 Å². The summed E-state index contributed by atoms with van der Waals surface area (Å²) in [6.45, 7) is 4.98. The van der Waals surface area contributed by atoms with Gasteiger partial charge < -0.3 is 5.73 Å². The lowest BCUT2D eigenvalue weighted by Crippen LogP contribution is -2.29. The number of nitrogens with zero attached hydrogens (tertiary/aromatic N) is 1. The van der Waals surface area contributed by atoms with Gasteiger partial charge in [0, 0.05) is 0 Å². The Kier molecular flexibility index (Phi) is 3.54. The maximum Gasteiger partial charge on any atom is 0.108 e. The molecular formula is C20H22N2. The summed E-state index contributed by atoms with van der Waals surface area (Å²) in [5, 5.41) is 10.1. The molecule has 3 rings (SSSR count). The second-order valence-electron chi connectivity index (χ2n) is 6.98. The standard InChI is InChI=1S/C20H22N2/c1-19(2,13-21)11-12-20(14-22)17-9-5-3-7-15(17)16-8-4-6-10-18(16)20/h3-10H,11-13,21H2,1-2H3. The summed E-state index contributed by atoms with van der Waals surface area (Å²) >= 11 is 0.